The van der Waals surface area contributed by atoms with E-state index in [-0.39, 0.29) is 48.6 Å². The molecule has 0 fully saturated rings. The van der Waals surface area contributed by atoms with Crippen molar-refractivity contribution in [2.75, 3.05) is 30.4 Å². The lowest BCUT2D eigenvalue weighted by Gasteiger charge is -2.29. The van der Waals surface area contributed by atoms with Crippen molar-refractivity contribution in [3.05, 3.63) is 131 Å². The van der Waals surface area contributed by atoms with Gasteiger partial charge in [-0.1, -0.05) is 100 Å². The van der Waals surface area contributed by atoms with Gasteiger partial charge in [0, 0.05) is 72.3 Å². The van der Waals surface area contributed by atoms with E-state index >= 15 is 0 Å². The molecule has 11 heteroatoms. The first kappa shape index (κ1) is 47.0. The van der Waals surface area contributed by atoms with E-state index in [9.17, 15) is 19.2 Å². The first-order chi connectivity index (χ1) is 30.2. The molecule has 62 heavy (non-hydrogen) atoms. The molecule has 330 valence electrons. The molecule has 1 aliphatic heterocycles. The molecule has 2 atom stereocenters. The van der Waals surface area contributed by atoms with Crippen LogP contribution in [0.15, 0.2) is 103 Å². The highest BCUT2D eigenvalue weighted by Gasteiger charge is 2.21. The van der Waals surface area contributed by atoms with Gasteiger partial charge in [-0.25, -0.2) is 0 Å². The van der Waals surface area contributed by atoms with Crippen molar-refractivity contribution in [3.63, 3.8) is 0 Å². The smallest absolute Gasteiger partial charge is 0.306 e. The number of esters is 1. The molecule has 2 unspecified atom stereocenters. The third-order valence-electron chi connectivity index (χ3n) is 11.4. The minimum atomic E-state index is -0.345. The fourth-order valence-corrected chi connectivity index (χ4v) is 7.88. The average molecular weight is 843 g/mol. The Morgan fingerprint density at radius 1 is 0.677 bits per heavy atom. The Morgan fingerprint density at radius 3 is 2.08 bits per heavy atom. The topological polar surface area (TPSA) is 155 Å². The van der Waals surface area contributed by atoms with Gasteiger partial charge >= 0.3 is 5.97 Å². The van der Waals surface area contributed by atoms with Crippen LogP contribution in [-0.4, -0.2) is 56.0 Å². The van der Waals surface area contributed by atoms with Gasteiger partial charge < -0.3 is 36.6 Å². The lowest BCUT2D eigenvalue weighted by molar-refractivity contribution is -0.145. The Kier molecular flexibility index (Phi) is 18.9. The van der Waals surface area contributed by atoms with Crippen molar-refractivity contribution in [3.8, 4) is 0 Å². The number of rotatable bonds is 24. The molecule has 0 bridgehead atoms. The predicted molar refractivity (Wildman–Crippen MR) is 250 cm³/mol. The maximum atomic E-state index is 13.6. The van der Waals surface area contributed by atoms with E-state index < -0.39 is 0 Å². The molecular formula is C51H66N6O5. The van der Waals surface area contributed by atoms with Crippen molar-refractivity contribution in [1.29, 1.82) is 0 Å². The van der Waals surface area contributed by atoms with Crippen molar-refractivity contribution < 1.29 is 23.9 Å². The minimum absolute atomic E-state index is 0.0412. The summed E-state index contributed by atoms with van der Waals surface area (Å²) in [7, 11) is 2.11. The van der Waals surface area contributed by atoms with Crippen LogP contribution in [0, 0.1) is 0 Å². The van der Waals surface area contributed by atoms with Crippen LogP contribution in [0.5, 0.6) is 0 Å². The lowest BCUT2D eigenvalue weighted by Crippen LogP contribution is -2.35. The Morgan fingerprint density at radius 2 is 1.34 bits per heavy atom. The maximum Gasteiger partial charge on any atom is 0.306 e. The molecule has 0 spiro atoms. The summed E-state index contributed by atoms with van der Waals surface area (Å²) in [6.45, 7) is 5.95. The molecule has 0 radical (unpaired) electrons. The fraction of sp³-hybridized carbons (Fsp3) is 0.412. The summed E-state index contributed by atoms with van der Waals surface area (Å²) in [6, 6.07) is 32.7. The summed E-state index contributed by atoms with van der Waals surface area (Å²) in [4.78, 5) is 53.0. The predicted octanol–water partition coefficient (Wildman–Crippen LogP) is 9.20. The van der Waals surface area contributed by atoms with Gasteiger partial charge in [0.25, 0.3) is 11.8 Å². The second-order valence-electron chi connectivity index (χ2n) is 16.2. The Labute approximate surface area is 368 Å². The second kappa shape index (κ2) is 25.0. The molecule has 0 aliphatic carbocycles. The zero-order valence-electron chi connectivity index (χ0n) is 36.8. The van der Waals surface area contributed by atoms with Gasteiger partial charge in [-0.15, -0.1) is 0 Å². The Bertz CT molecular complexity index is 2090. The lowest BCUT2D eigenvalue weighted by atomic mass is 9.96. The van der Waals surface area contributed by atoms with E-state index in [0.717, 1.165) is 105 Å². The molecule has 1 aliphatic rings. The number of carbonyl (C=O) groups is 4. The number of para-hydroxylation sites is 1. The summed E-state index contributed by atoms with van der Waals surface area (Å²) < 4.78 is 5.42. The first-order valence-electron chi connectivity index (χ1n) is 22.5. The van der Waals surface area contributed by atoms with Gasteiger partial charge in [0.15, 0.2) is 0 Å². The molecule has 11 nitrogen and oxygen atoms in total. The number of benzene rings is 4. The van der Waals surface area contributed by atoms with Crippen molar-refractivity contribution in [2.24, 2.45) is 5.73 Å². The number of nitrogens with two attached hydrogens (primary N) is 1. The normalized spacial score (nSPS) is 14.3. The van der Waals surface area contributed by atoms with Crippen LogP contribution < -0.4 is 31.9 Å². The van der Waals surface area contributed by atoms with Crippen molar-refractivity contribution >= 4 is 46.5 Å². The number of nitrogens with one attached hydrogen (secondary N) is 4. The van der Waals surface area contributed by atoms with E-state index in [1.54, 1.807) is 36.4 Å². The summed E-state index contributed by atoms with van der Waals surface area (Å²) in [5.74, 6) is -0.816. The minimum Gasteiger partial charge on any atom is -0.466 e. The zero-order chi connectivity index (χ0) is 44.1. The first-order valence-corrected chi connectivity index (χ1v) is 22.5. The Hall–Kier alpha value is -6.10. The molecule has 5 rings (SSSR count). The van der Waals surface area contributed by atoms with Crippen LogP contribution in [0.25, 0.3) is 11.4 Å². The summed E-state index contributed by atoms with van der Waals surface area (Å²) in [5.41, 5.74) is 14.7. The number of amides is 3. The van der Waals surface area contributed by atoms with Gasteiger partial charge in [-0.2, -0.15) is 0 Å². The number of unbranched alkanes of at least 4 members (excludes halogenated alkanes) is 4. The number of anilines is 2. The van der Waals surface area contributed by atoms with Crippen molar-refractivity contribution in [1.82, 2.24) is 16.0 Å². The van der Waals surface area contributed by atoms with Crippen LogP contribution >= 0.6 is 0 Å². The SMILES string of the molecule is CCCC(CC)NC(=O)CCC(=O)OCCCCCCC(CCCCN/C1=C(\N)c2ccccc2CN(C)c2ccccc21)NC(=O)c1ccc(NC(=O)c2ccccc2)cc1. The van der Waals surface area contributed by atoms with E-state index in [1.165, 1.54) is 5.56 Å². The Balaban J connectivity index is 1.12. The van der Waals surface area contributed by atoms with E-state index in [0.29, 0.717) is 30.0 Å². The second-order valence-corrected chi connectivity index (χ2v) is 16.2. The molecule has 4 aromatic rings. The molecule has 1 heterocycles. The largest absolute Gasteiger partial charge is 0.466 e. The third-order valence-corrected chi connectivity index (χ3v) is 11.4. The molecule has 3 amide bonds. The molecule has 4 aromatic carbocycles. The summed E-state index contributed by atoms with van der Waals surface area (Å²) >= 11 is 0. The molecule has 6 N–H and O–H groups in total. The number of ether oxygens (including phenoxy) is 1. The molecular weight excluding hydrogens is 777 g/mol. The highest BCUT2D eigenvalue weighted by atomic mass is 16.5. The van der Waals surface area contributed by atoms with E-state index in [4.69, 9.17) is 10.5 Å². The number of fused-ring (bicyclic) bond motifs is 2. The highest BCUT2D eigenvalue weighted by Crippen LogP contribution is 2.34. The van der Waals surface area contributed by atoms with Gasteiger partial charge in [0.05, 0.1) is 24.4 Å². The zero-order valence-corrected chi connectivity index (χ0v) is 36.8. The molecule has 0 saturated heterocycles. The average Bonchev–Trinajstić information content (AvgIpc) is 3.29. The van der Waals surface area contributed by atoms with Crippen LogP contribution in [0.3, 0.4) is 0 Å². The highest BCUT2D eigenvalue weighted by molar-refractivity contribution is 6.04. The van der Waals surface area contributed by atoms with Crippen LogP contribution in [0.4, 0.5) is 11.4 Å². The van der Waals surface area contributed by atoms with Crippen LogP contribution in [0.1, 0.15) is 135 Å². The number of hydrogen-bond acceptors (Lipinski definition) is 8. The van der Waals surface area contributed by atoms with Crippen molar-refractivity contribution in [2.45, 2.75) is 116 Å². The fourth-order valence-electron chi connectivity index (χ4n) is 7.88. The van der Waals surface area contributed by atoms with E-state index in [1.807, 2.05) is 30.3 Å². The van der Waals surface area contributed by atoms with Gasteiger partial charge in [0.2, 0.25) is 5.91 Å². The molecule has 0 aromatic heterocycles. The maximum absolute atomic E-state index is 13.6. The number of carbonyl (C=O) groups excluding carboxylic acids is 4. The summed E-state index contributed by atoms with van der Waals surface area (Å²) in [5, 5.41) is 12.9. The van der Waals surface area contributed by atoms with Gasteiger partial charge in [-0.3, -0.25) is 19.2 Å². The summed E-state index contributed by atoms with van der Waals surface area (Å²) in [6.07, 6.45) is 9.88. The quantitative estimate of drug-likeness (QED) is 0.0346. The monoisotopic (exact) mass is 843 g/mol. The number of hydrogen-bond donors (Lipinski definition) is 5. The standard InChI is InChI=1S/C51H66N6O5/c1-4-19-40(5-2)54-46(58)32-33-47(59)62-35-18-7-6-11-23-41(55-51(61)38-28-30-42(31-29-38)56-50(60)37-20-9-8-10-21-37)24-16-17-34-53-49-44-26-14-15-27-45(44)57(3)36-39-22-12-13-25-43(39)48(49)52/h8-10,12-15,20-22,25-31,40-41,53H,4-7,11,16-19,23-24,32-36,52H2,1-3H3,(H,54,58)(H,55,61)(H,56,60)/b49-48-. The van der Waals surface area contributed by atoms with Gasteiger partial charge in [-0.05, 0) is 93.0 Å². The van der Waals surface area contributed by atoms with Gasteiger partial charge in [0.1, 0.15) is 0 Å². The van der Waals surface area contributed by atoms with Crippen LogP contribution in [-0.2, 0) is 20.9 Å². The van der Waals surface area contributed by atoms with Crippen LogP contribution in [0.2, 0.25) is 0 Å². The third kappa shape index (κ3) is 14.5. The molecule has 0 saturated carbocycles. The van der Waals surface area contributed by atoms with E-state index in [2.05, 4.69) is 83.5 Å². The number of nitrogens with zero attached hydrogens (tertiary/aromatic N) is 1.